The molecule has 0 aromatic heterocycles. The summed E-state index contributed by atoms with van der Waals surface area (Å²) >= 11 is 0. The van der Waals surface area contributed by atoms with Gasteiger partial charge in [0.05, 0.1) is 4.92 Å². The Morgan fingerprint density at radius 2 is 1.67 bits per heavy atom. The number of carbonyl (C=O) groups excluding carboxylic acids is 1. The van der Waals surface area contributed by atoms with E-state index in [1.165, 1.54) is 24.1 Å². The highest BCUT2D eigenvalue weighted by Gasteiger charge is 2.43. The Bertz CT molecular complexity index is 1230. The van der Waals surface area contributed by atoms with Gasteiger partial charge in [0, 0.05) is 70.4 Å². The van der Waals surface area contributed by atoms with Gasteiger partial charge in [-0.3, -0.25) is 19.8 Å². The molecule has 10 nitrogen and oxygen atoms in total. The number of hydrogen-bond acceptors (Lipinski definition) is 6. The highest BCUT2D eigenvalue weighted by atomic mass is 16.6. The van der Waals surface area contributed by atoms with Crippen molar-refractivity contribution in [3.05, 3.63) is 75.8 Å². The summed E-state index contributed by atoms with van der Waals surface area (Å²) in [6, 6.07) is 16.4. The molecule has 2 amide bonds. The second-order valence-electron chi connectivity index (χ2n) is 12.6. The van der Waals surface area contributed by atoms with Gasteiger partial charge in [-0.25, -0.2) is 4.79 Å². The van der Waals surface area contributed by atoms with Gasteiger partial charge in [-0.15, -0.1) is 0 Å². The van der Waals surface area contributed by atoms with Crippen LogP contribution < -0.4 is 5.32 Å². The second-order valence-corrected chi connectivity index (χ2v) is 12.6. The maximum atomic E-state index is 12.9. The van der Waals surface area contributed by atoms with E-state index in [4.69, 9.17) is 0 Å². The van der Waals surface area contributed by atoms with E-state index in [2.05, 4.69) is 39.4 Å². The number of hydrogen-bond donors (Lipinski definition) is 2. The molecular weight excluding hydrogens is 546 g/mol. The largest absolute Gasteiger partial charge is 0.480 e. The molecule has 43 heavy (non-hydrogen) atoms. The SMILES string of the molecule is CN(C(=O)NCc1ccc([N+](=O)[O-])cc1)C1CCN(C[C@H]2CN([C@@H](C(=O)O)C3CCCCC3)C[C@@H]2c2ccccc2)CC1. The molecule has 10 heteroatoms. The molecule has 2 saturated heterocycles. The van der Waals surface area contributed by atoms with Crippen LogP contribution in [0.5, 0.6) is 0 Å². The van der Waals surface area contributed by atoms with Crippen molar-refractivity contribution in [3.63, 3.8) is 0 Å². The van der Waals surface area contributed by atoms with Crippen molar-refractivity contribution in [2.45, 2.75) is 69.5 Å². The van der Waals surface area contributed by atoms with Crippen molar-refractivity contribution in [2.24, 2.45) is 11.8 Å². The molecule has 2 N–H and O–H groups in total. The highest BCUT2D eigenvalue weighted by molar-refractivity contribution is 5.74. The summed E-state index contributed by atoms with van der Waals surface area (Å²) in [6.07, 6.45) is 7.26. The standard InChI is InChI=1S/C33H45N5O5/c1-35(33(41)34-20-24-12-14-29(15-13-24)38(42)43)28-16-18-36(19-17-28)21-27-22-37(23-30(27)25-8-4-2-5-9-25)31(32(39)40)26-10-6-3-7-11-26/h2,4-5,8-9,12-15,26-28,30-31H,3,6-7,10-11,16-23H2,1H3,(H,34,41)(H,39,40)/t27-,30+,31+/m0/s1. The normalized spacial score (nSPS) is 23.1. The van der Waals surface area contributed by atoms with Crippen LogP contribution >= 0.6 is 0 Å². The molecule has 0 spiro atoms. The first-order valence-corrected chi connectivity index (χ1v) is 15.8. The lowest BCUT2D eigenvalue weighted by Crippen LogP contribution is -2.49. The minimum Gasteiger partial charge on any atom is -0.480 e. The van der Waals surface area contributed by atoms with Crippen LogP contribution in [0.4, 0.5) is 10.5 Å². The average Bonchev–Trinajstić information content (AvgIpc) is 3.43. The van der Waals surface area contributed by atoms with Gasteiger partial charge in [0.15, 0.2) is 0 Å². The van der Waals surface area contributed by atoms with Crippen LogP contribution in [-0.4, -0.2) is 88.6 Å². The second kappa shape index (κ2) is 14.3. The molecule has 3 atom stereocenters. The molecule has 2 aromatic carbocycles. The number of nitro groups is 1. The maximum Gasteiger partial charge on any atom is 0.321 e. The van der Waals surface area contributed by atoms with Crippen LogP contribution in [0, 0.1) is 22.0 Å². The third-order valence-corrected chi connectivity index (χ3v) is 9.95. The summed E-state index contributed by atoms with van der Waals surface area (Å²) in [6.45, 7) is 4.63. The maximum absolute atomic E-state index is 12.9. The molecule has 5 rings (SSSR count). The van der Waals surface area contributed by atoms with Crippen molar-refractivity contribution in [3.8, 4) is 0 Å². The summed E-state index contributed by atoms with van der Waals surface area (Å²) < 4.78 is 0. The lowest BCUT2D eigenvalue weighted by atomic mass is 9.83. The first kappa shape index (κ1) is 30.9. The fourth-order valence-corrected chi connectivity index (χ4v) is 7.53. The summed E-state index contributed by atoms with van der Waals surface area (Å²) in [5, 5.41) is 24.1. The van der Waals surface area contributed by atoms with Gasteiger partial charge in [-0.05, 0) is 48.6 Å². The quantitative estimate of drug-likeness (QED) is 0.296. The number of amides is 2. The van der Waals surface area contributed by atoms with Gasteiger partial charge in [0.2, 0.25) is 0 Å². The van der Waals surface area contributed by atoms with E-state index in [0.29, 0.717) is 18.4 Å². The Hall–Kier alpha value is -3.50. The van der Waals surface area contributed by atoms with Crippen molar-refractivity contribution < 1.29 is 19.6 Å². The molecule has 1 saturated carbocycles. The summed E-state index contributed by atoms with van der Waals surface area (Å²) in [5.41, 5.74) is 2.14. The number of urea groups is 1. The number of carboxylic acid groups (broad SMARTS) is 1. The number of aliphatic carboxylic acids is 1. The van der Waals surface area contributed by atoms with Crippen LogP contribution in [-0.2, 0) is 11.3 Å². The van der Waals surface area contributed by atoms with Crippen molar-refractivity contribution in [1.82, 2.24) is 20.0 Å². The number of likely N-dealkylation sites (tertiary alicyclic amines) is 2. The van der Waals surface area contributed by atoms with E-state index in [9.17, 15) is 24.8 Å². The molecule has 232 valence electrons. The lowest BCUT2D eigenvalue weighted by molar-refractivity contribution is -0.384. The zero-order valence-electron chi connectivity index (χ0n) is 25.1. The Labute approximate surface area is 254 Å². The first-order chi connectivity index (χ1) is 20.8. The zero-order valence-corrected chi connectivity index (χ0v) is 25.1. The van der Waals surface area contributed by atoms with Crippen LogP contribution in [0.1, 0.15) is 62.0 Å². The molecule has 3 aliphatic rings. The predicted molar refractivity (Wildman–Crippen MR) is 165 cm³/mol. The molecule has 3 fully saturated rings. The fraction of sp³-hybridized carbons (Fsp3) is 0.576. The average molecular weight is 592 g/mol. The molecule has 0 bridgehead atoms. The molecule has 2 aromatic rings. The highest BCUT2D eigenvalue weighted by Crippen LogP contribution is 2.38. The van der Waals surface area contributed by atoms with E-state index in [-0.39, 0.29) is 23.7 Å². The zero-order chi connectivity index (χ0) is 30.3. The number of piperidine rings is 1. The van der Waals surface area contributed by atoms with E-state index in [1.807, 2.05) is 13.1 Å². The molecule has 1 aliphatic carbocycles. The van der Waals surface area contributed by atoms with Gasteiger partial charge in [-0.1, -0.05) is 61.7 Å². The summed E-state index contributed by atoms with van der Waals surface area (Å²) in [4.78, 5) is 42.4. The van der Waals surface area contributed by atoms with Crippen molar-refractivity contribution >= 4 is 17.7 Å². The predicted octanol–water partition coefficient (Wildman–Crippen LogP) is 4.95. The lowest BCUT2D eigenvalue weighted by Gasteiger charge is -2.38. The Kier molecular flexibility index (Phi) is 10.3. The van der Waals surface area contributed by atoms with E-state index < -0.39 is 16.9 Å². The monoisotopic (exact) mass is 591 g/mol. The van der Waals surface area contributed by atoms with Gasteiger partial charge >= 0.3 is 12.0 Å². The van der Waals surface area contributed by atoms with Crippen LogP contribution in [0.3, 0.4) is 0 Å². The number of non-ortho nitro benzene ring substituents is 1. The minimum absolute atomic E-state index is 0.0327. The minimum atomic E-state index is -0.671. The van der Waals surface area contributed by atoms with Gasteiger partial charge in [0.1, 0.15) is 6.04 Å². The number of nitro benzene ring substituents is 1. The van der Waals surface area contributed by atoms with Crippen LogP contribution in [0.15, 0.2) is 54.6 Å². The fourth-order valence-electron chi connectivity index (χ4n) is 7.53. The number of nitrogens with zero attached hydrogens (tertiary/aromatic N) is 4. The Morgan fingerprint density at radius 3 is 2.30 bits per heavy atom. The molecule has 0 unspecified atom stereocenters. The van der Waals surface area contributed by atoms with Gasteiger partial charge in [0.25, 0.3) is 5.69 Å². The van der Waals surface area contributed by atoms with Gasteiger partial charge in [-0.2, -0.15) is 0 Å². The molecule has 0 radical (unpaired) electrons. The van der Waals surface area contributed by atoms with Crippen LogP contribution in [0.25, 0.3) is 0 Å². The topological polar surface area (TPSA) is 119 Å². The van der Waals surface area contributed by atoms with E-state index in [0.717, 1.165) is 76.8 Å². The van der Waals surface area contributed by atoms with Crippen LogP contribution in [0.2, 0.25) is 0 Å². The van der Waals surface area contributed by atoms with E-state index >= 15 is 0 Å². The molecule has 2 aliphatic heterocycles. The van der Waals surface area contributed by atoms with Crippen molar-refractivity contribution in [2.75, 3.05) is 39.8 Å². The Balaban J connectivity index is 1.16. The first-order valence-electron chi connectivity index (χ1n) is 15.8. The van der Waals surface area contributed by atoms with Gasteiger partial charge < -0.3 is 20.2 Å². The third kappa shape index (κ3) is 7.72. The molecular formula is C33H45N5O5. The number of benzene rings is 2. The number of nitrogens with one attached hydrogen (secondary N) is 1. The van der Waals surface area contributed by atoms with Crippen molar-refractivity contribution in [1.29, 1.82) is 0 Å². The number of rotatable bonds is 10. The third-order valence-electron chi connectivity index (χ3n) is 9.95. The molecule has 2 heterocycles. The van der Waals surface area contributed by atoms with E-state index in [1.54, 1.807) is 17.0 Å². The Morgan fingerprint density at radius 1 is 1.00 bits per heavy atom. The number of carboxylic acids is 1. The smallest absolute Gasteiger partial charge is 0.321 e. The summed E-state index contributed by atoms with van der Waals surface area (Å²) in [5.74, 6) is 0.221. The number of carbonyl (C=O) groups is 2. The summed E-state index contributed by atoms with van der Waals surface area (Å²) in [7, 11) is 1.84.